The maximum atomic E-state index is 12.6. The fourth-order valence-corrected chi connectivity index (χ4v) is 3.46. The van der Waals surface area contributed by atoms with Crippen LogP contribution in [0.5, 0.6) is 17.2 Å². The molecule has 0 fully saturated rings. The first-order valence-corrected chi connectivity index (χ1v) is 11.6. The number of ether oxygens (including phenoxy) is 3. The van der Waals surface area contributed by atoms with Gasteiger partial charge in [0.2, 0.25) is 0 Å². The lowest BCUT2D eigenvalue weighted by atomic mass is 10.2. The Kier molecular flexibility index (Phi) is 8.04. The van der Waals surface area contributed by atoms with E-state index in [2.05, 4.69) is 10.4 Å². The molecule has 11 nitrogen and oxygen atoms in total. The Balaban J connectivity index is 1.31. The van der Waals surface area contributed by atoms with E-state index >= 15 is 0 Å². The maximum Gasteiger partial charge on any atom is 0.307 e. The van der Waals surface area contributed by atoms with Gasteiger partial charge in [0.1, 0.15) is 30.5 Å². The average Bonchev–Trinajstić information content (AvgIpc) is 3.56. The van der Waals surface area contributed by atoms with Crippen LogP contribution in [0.25, 0.3) is 0 Å². The SMILES string of the molecule is CCOc1ccc(COc2ccc(NC(=O)c3ccc(Cn4cc([N+](=O)[O-])cn4)o3)cc2)cc1OCC. The van der Waals surface area contributed by atoms with Gasteiger partial charge in [0.05, 0.1) is 24.7 Å². The Morgan fingerprint density at radius 2 is 1.78 bits per heavy atom. The van der Waals surface area contributed by atoms with Gasteiger partial charge in [-0.2, -0.15) is 5.10 Å². The topological polar surface area (TPSA) is 131 Å². The summed E-state index contributed by atoms with van der Waals surface area (Å²) in [4.78, 5) is 22.8. The summed E-state index contributed by atoms with van der Waals surface area (Å²) in [6, 6.07) is 15.8. The van der Waals surface area contributed by atoms with Crippen molar-refractivity contribution in [2.75, 3.05) is 18.5 Å². The number of nitrogens with zero attached hydrogens (tertiary/aromatic N) is 3. The van der Waals surface area contributed by atoms with Crippen molar-refractivity contribution in [2.45, 2.75) is 27.0 Å². The predicted molar refractivity (Wildman–Crippen MR) is 134 cm³/mol. The molecule has 0 atom stereocenters. The van der Waals surface area contributed by atoms with Gasteiger partial charge in [-0.1, -0.05) is 6.07 Å². The van der Waals surface area contributed by atoms with Crippen LogP contribution in [0.3, 0.4) is 0 Å². The van der Waals surface area contributed by atoms with Crippen LogP contribution >= 0.6 is 0 Å². The van der Waals surface area contributed by atoms with E-state index in [0.29, 0.717) is 48.5 Å². The molecular weight excluding hydrogens is 480 g/mol. The molecule has 0 saturated heterocycles. The molecule has 2 aromatic carbocycles. The van der Waals surface area contributed by atoms with Crippen LogP contribution in [-0.2, 0) is 13.2 Å². The molecule has 4 aromatic rings. The zero-order valence-corrected chi connectivity index (χ0v) is 20.4. The van der Waals surface area contributed by atoms with Gasteiger partial charge in [-0.15, -0.1) is 0 Å². The highest BCUT2D eigenvalue weighted by Gasteiger charge is 2.14. The lowest BCUT2D eigenvalue weighted by molar-refractivity contribution is -0.385. The molecule has 192 valence electrons. The van der Waals surface area contributed by atoms with Gasteiger partial charge >= 0.3 is 5.69 Å². The average molecular weight is 507 g/mol. The van der Waals surface area contributed by atoms with Crippen LogP contribution in [0.1, 0.15) is 35.7 Å². The van der Waals surface area contributed by atoms with Crippen LogP contribution in [0, 0.1) is 10.1 Å². The van der Waals surface area contributed by atoms with Crippen molar-refractivity contribution in [3.05, 3.63) is 94.2 Å². The monoisotopic (exact) mass is 506 g/mol. The summed E-state index contributed by atoms with van der Waals surface area (Å²) < 4.78 is 24.0. The standard InChI is InChI=1S/C26H26N4O7/c1-3-34-23-11-5-18(13-25(23)35-4-2)17-36-21-8-6-19(7-9-21)28-26(31)24-12-10-22(37-24)16-29-15-20(14-27-29)30(32)33/h5-15H,3-4,16-17H2,1-2H3,(H,28,31). The van der Waals surface area contributed by atoms with Gasteiger partial charge in [0.15, 0.2) is 17.3 Å². The molecule has 1 N–H and O–H groups in total. The Bertz CT molecular complexity index is 1360. The number of furan rings is 1. The molecule has 0 aliphatic rings. The number of carbonyl (C=O) groups excluding carboxylic acids is 1. The van der Waals surface area contributed by atoms with Crippen LogP contribution in [0.4, 0.5) is 11.4 Å². The molecule has 0 radical (unpaired) electrons. The second-order valence-corrected chi connectivity index (χ2v) is 7.83. The van der Waals surface area contributed by atoms with Crippen molar-refractivity contribution in [3.63, 3.8) is 0 Å². The molecule has 2 heterocycles. The predicted octanol–water partition coefficient (Wildman–Crippen LogP) is 5.06. The van der Waals surface area contributed by atoms with Gasteiger partial charge < -0.3 is 23.9 Å². The van der Waals surface area contributed by atoms with Crippen LogP contribution in [0.2, 0.25) is 0 Å². The maximum absolute atomic E-state index is 12.6. The number of benzene rings is 2. The molecule has 0 saturated carbocycles. The first-order chi connectivity index (χ1) is 17.9. The Morgan fingerprint density at radius 3 is 2.49 bits per heavy atom. The third-order valence-corrected chi connectivity index (χ3v) is 5.16. The third-order valence-electron chi connectivity index (χ3n) is 5.16. The minimum absolute atomic E-state index is 0.109. The number of amides is 1. The summed E-state index contributed by atoms with van der Waals surface area (Å²) in [6.07, 6.45) is 2.44. The zero-order chi connectivity index (χ0) is 26.2. The Hall–Kier alpha value is -4.80. The first kappa shape index (κ1) is 25.3. The van der Waals surface area contributed by atoms with Gasteiger partial charge in [-0.3, -0.25) is 19.6 Å². The normalized spacial score (nSPS) is 10.6. The summed E-state index contributed by atoms with van der Waals surface area (Å²) in [7, 11) is 0. The molecule has 1 amide bonds. The molecule has 0 bridgehead atoms. The molecule has 0 spiro atoms. The minimum Gasteiger partial charge on any atom is -0.490 e. The highest BCUT2D eigenvalue weighted by atomic mass is 16.6. The van der Waals surface area contributed by atoms with E-state index in [1.807, 2.05) is 32.0 Å². The van der Waals surface area contributed by atoms with Gasteiger partial charge in [-0.25, -0.2) is 0 Å². The van der Waals surface area contributed by atoms with Crippen LogP contribution in [-0.4, -0.2) is 33.8 Å². The largest absolute Gasteiger partial charge is 0.490 e. The van der Waals surface area contributed by atoms with E-state index < -0.39 is 10.8 Å². The number of hydrogen-bond acceptors (Lipinski definition) is 8. The molecule has 11 heteroatoms. The summed E-state index contributed by atoms with van der Waals surface area (Å²) in [5.74, 6) is 2.13. The van der Waals surface area contributed by atoms with E-state index in [0.717, 1.165) is 11.8 Å². The highest BCUT2D eigenvalue weighted by molar-refractivity contribution is 6.02. The summed E-state index contributed by atoms with van der Waals surface area (Å²) in [5.41, 5.74) is 1.38. The number of hydrogen-bond donors (Lipinski definition) is 1. The van der Waals surface area contributed by atoms with Crippen molar-refractivity contribution in [1.29, 1.82) is 0 Å². The second-order valence-electron chi connectivity index (χ2n) is 7.83. The Morgan fingerprint density at radius 1 is 1.03 bits per heavy atom. The fourth-order valence-electron chi connectivity index (χ4n) is 3.46. The lowest BCUT2D eigenvalue weighted by Gasteiger charge is -2.13. The Labute approximate surface area is 212 Å². The van der Waals surface area contributed by atoms with Gasteiger partial charge in [0, 0.05) is 5.69 Å². The number of carbonyl (C=O) groups is 1. The third kappa shape index (κ3) is 6.66. The number of rotatable bonds is 12. The fraction of sp³-hybridized carbons (Fsp3) is 0.231. The highest BCUT2D eigenvalue weighted by Crippen LogP contribution is 2.29. The number of nitrogens with one attached hydrogen (secondary N) is 1. The quantitative estimate of drug-likeness (QED) is 0.208. The van der Waals surface area contributed by atoms with E-state index in [1.165, 1.54) is 16.9 Å². The lowest BCUT2D eigenvalue weighted by Crippen LogP contribution is -2.10. The van der Waals surface area contributed by atoms with Crippen molar-refractivity contribution >= 4 is 17.3 Å². The second kappa shape index (κ2) is 11.8. The molecule has 0 aliphatic heterocycles. The zero-order valence-electron chi connectivity index (χ0n) is 20.4. The van der Waals surface area contributed by atoms with E-state index in [9.17, 15) is 14.9 Å². The molecule has 2 aromatic heterocycles. The van der Waals surface area contributed by atoms with Crippen molar-refractivity contribution in [3.8, 4) is 17.2 Å². The van der Waals surface area contributed by atoms with E-state index in [-0.39, 0.29) is 18.0 Å². The number of anilines is 1. The minimum atomic E-state index is -0.529. The van der Waals surface area contributed by atoms with Gasteiger partial charge in [-0.05, 0) is 67.9 Å². The number of aromatic nitrogens is 2. The molecule has 37 heavy (non-hydrogen) atoms. The van der Waals surface area contributed by atoms with Crippen molar-refractivity contribution in [1.82, 2.24) is 9.78 Å². The smallest absolute Gasteiger partial charge is 0.307 e. The van der Waals surface area contributed by atoms with E-state index in [1.54, 1.807) is 30.3 Å². The molecule has 0 aliphatic carbocycles. The van der Waals surface area contributed by atoms with Crippen LogP contribution < -0.4 is 19.5 Å². The number of nitro groups is 1. The molecular formula is C26H26N4O7. The summed E-state index contributed by atoms with van der Waals surface area (Å²) in [6.45, 7) is 5.43. The van der Waals surface area contributed by atoms with Crippen molar-refractivity contribution < 1.29 is 28.3 Å². The van der Waals surface area contributed by atoms with Crippen LogP contribution in [0.15, 0.2) is 71.4 Å². The molecule has 0 unspecified atom stereocenters. The molecule has 4 rings (SSSR count). The van der Waals surface area contributed by atoms with Crippen molar-refractivity contribution in [2.24, 2.45) is 0 Å². The summed E-state index contributed by atoms with van der Waals surface area (Å²) >= 11 is 0. The first-order valence-electron chi connectivity index (χ1n) is 11.6. The summed E-state index contributed by atoms with van der Waals surface area (Å²) in [5, 5.41) is 17.5. The van der Waals surface area contributed by atoms with Gasteiger partial charge in [0.25, 0.3) is 5.91 Å². The van der Waals surface area contributed by atoms with E-state index in [4.69, 9.17) is 18.6 Å².